The van der Waals surface area contributed by atoms with Crippen LogP contribution in [-0.4, -0.2) is 16.4 Å². The molecular weight excluding hydrogens is 324 g/mol. The lowest BCUT2D eigenvalue weighted by Gasteiger charge is -2.09. The average molecular weight is 344 g/mol. The van der Waals surface area contributed by atoms with E-state index < -0.39 is 0 Å². The molecule has 4 rings (SSSR count). The zero-order chi connectivity index (χ0) is 17.6. The molecule has 0 unspecified atom stereocenters. The Hall–Kier alpha value is -3.27. The summed E-state index contributed by atoms with van der Waals surface area (Å²) < 4.78 is 13.6. The Bertz CT molecular complexity index is 962. The van der Waals surface area contributed by atoms with Gasteiger partial charge in [-0.1, -0.05) is 48.5 Å². The van der Waals surface area contributed by atoms with Gasteiger partial charge in [0, 0.05) is 5.39 Å². The molecule has 3 aromatic carbocycles. The lowest BCUT2D eigenvalue weighted by atomic mass is 10.2. The zero-order valence-electron chi connectivity index (χ0n) is 14.4. The molecule has 130 valence electrons. The molecule has 4 heteroatoms. The van der Waals surface area contributed by atoms with E-state index in [0.717, 1.165) is 28.0 Å². The molecule has 26 heavy (non-hydrogen) atoms. The number of aromatic nitrogens is 2. The molecule has 0 bridgehead atoms. The fourth-order valence-electron chi connectivity index (χ4n) is 2.83. The van der Waals surface area contributed by atoms with E-state index in [0.29, 0.717) is 19.8 Å². The standard InChI is InChI=1S/C22H20N2O2/c1-2-6-18(7-3-1)17-26-21-12-10-20(11-13-21)25-15-14-24-22-9-5-4-8-19(22)16-23-24/h1-13,16H,14-15,17H2. The van der Waals surface area contributed by atoms with Crippen LogP contribution in [0.2, 0.25) is 0 Å². The number of fused-ring (bicyclic) bond motifs is 1. The quantitative estimate of drug-likeness (QED) is 0.488. The van der Waals surface area contributed by atoms with Crippen molar-refractivity contribution in [3.8, 4) is 11.5 Å². The molecule has 0 atom stereocenters. The summed E-state index contributed by atoms with van der Waals surface area (Å²) in [6.45, 7) is 1.84. The minimum Gasteiger partial charge on any atom is -0.492 e. The molecule has 4 nitrogen and oxygen atoms in total. The van der Waals surface area contributed by atoms with Crippen LogP contribution in [0.15, 0.2) is 85.1 Å². The Balaban J connectivity index is 1.29. The van der Waals surface area contributed by atoms with Crippen molar-refractivity contribution in [2.75, 3.05) is 6.61 Å². The molecule has 0 aliphatic rings. The van der Waals surface area contributed by atoms with Crippen LogP contribution in [0.3, 0.4) is 0 Å². The normalized spacial score (nSPS) is 10.8. The van der Waals surface area contributed by atoms with E-state index in [1.807, 2.05) is 65.5 Å². The van der Waals surface area contributed by atoms with Crippen LogP contribution < -0.4 is 9.47 Å². The average Bonchev–Trinajstić information content (AvgIpc) is 3.11. The predicted octanol–water partition coefficient (Wildman–Crippen LogP) is 4.69. The molecule has 0 aliphatic carbocycles. The number of nitrogens with zero attached hydrogens (tertiary/aromatic N) is 2. The first-order chi connectivity index (χ1) is 12.9. The molecule has 0 saturated carbocycles. The maximum Gasteiger partial charge on any atom is 0.120 e. The largest absolute Gasteiger partial charge is 0.492 e. The molecule has 0 N–H and O–H groups in total. The van der Waals surface area contributed by atoms with Gasteiger partial charge in [0.05, 0.1) is 18.3 Å². The van der Waals surface area contributed by atoms with Gasteiger partial charge in [-0.25, -0.2) is 0 Å². The van der Waals surface area contributed by atoms with Crippen LogP contribution in [-0.2, 0) is 13.2 Å². The molecule has 0 radical (unpaired) electrons. The maximum atomic E-state index is 5.83. The molecule has 1 heterocycles. The van der Waals surface area contributed by atoms with Crippen molar-refractivity contribution >= 4 is 10.9 Å². The highest BCUT2D eigenvalue weighted by Crippen LogP contribution is 2.19. The number of ether oxygens (including phenoxy) is 2. The summed E-state index contributed by atoms with van der Waals surface area (Å²) in [5.74, 6) is 1.66. The number of benzene rings is 3. The van der Waals surface area contributed by atoms with E-state index in [1.54, 1.807) is 0 Å². The van der Waals surface area contributed by atoms with Crippen molar-refractivity contribution in [2.24, 2.45) is 0 Å². The van der Waals surface area contributed by atoms with Crippen LogP contribution in [0.1, 0.15) is 5.56 Å². The Morgan fingerprint density at radius 2 is 1.42 bits per heavy atom. The van der Waals surface area contributed by atoms with Crippen LogP contribution >= 0.6 is 0 Å². The summed E-state index contributed by atoms with van der Waals surface area (Å²) in [6.07, 6.45) is 1.88. The number of rotatable bonds is 7. The lowest BCUT2D eigenvalue weighted by Crippen LogP contribution is -2.09. The summed E-state index contributed by atoms with van der Waals surface area (Å²) in [5.41, 5.74) is 2.28. The summed E-state index contributed by atoms with van der Waals surface area (Å²) in [6, 6.07) is 26.0. The zero-order valence-corrected chi connectivity index (χ0v) is 14.4. The van der Waals surface area contributed by atoms with Gasteiger partial charge in [-0.15, -0.1) is 0 Å². The molecule has 0 amide bonds. The highest BCUT2D eigenvalue weighted by molar-refractivity contribution is 5.78. The summed E-state index contributed by atoms with van der Waals surface area (Å²) >= 11 is 0. The number of hydrogen-bond acceptors (Lipinski definition) is 3. The third kappa shape index (κ3) is 3.86. The maximum absolute atomic E-state index is 5.83. The molecule has 4 aromatic rings. The first-order valence-corrected chi connectivity index (χ1v) is 8.69. The van der Waals surface area contributed by atoms with Gasteiger partial charge < -0.3 is 9.47 Å². The summed E-state index contributed by atoms with van der Waals surface area (Å²) in [7, 11) is 0. The second kappa shape index (κ2) is 7.74. The van der Waals surface area contributed by atoms with Gasteiger partial charge in [0.25, 0.3) is 0 Å². The van der Waals surface area contributed by atoms with Crippen molar-refractivity contribution in [3.05, 3.63) is 90.6 Å². The molecule has 0 spiro atoms. The minimum atomic E-state index is 0.563. The SMILES string of the molecule is c1ccc(COc2ccc(OCCn3ncc4ccccc43)cc2)cc1. The van der Waals surface area contributed by atoms with Gasteiger partial charge in [-0.3, -0.25) is 4.68 Å². The van der Waals surface area contributed by atoms with Gasteiger partial charge in [0.15, 0.2) is 0 Å². The van der Waals surface area contributed by atoms with E-state index in [-0.39, 0.29) is 0 Å². The van der Waals surface area contributed by atoms with Crippen molar-refractivity contribution in [1.82, 2.24) is 9.78 Å². The Morgan fingerprint density at radius 1 is 0.731 bits per heavy atom. The van der Waals surface area contributed by atoms with Crippen LogP contribution in [0.5, 0.6) is 11.5 Å². The van der Waals surface area contributed by atoms with E-state index in [2.05, 4.69) is 29.4 Å². The fourth-order valence-corrected chi connectivity index (χ4v) is 2.83. The molecule has 1 aromatic heterocycles. The lowest BCUT2D eigenvalue weighted by molar-refractivity contribution is 0.289. The van der Waals surface area contributed by atoms with Crippen molar-refractivity contribution < 1.29 is 9.47 Å². The van der Waals surface area contributed by atoms with Crippen molar-refractivity contribution in [1.29, 1.82) is 0 Å². The third-order valence-electron chi connectivity index (χ3n) is 4.19. The number of hydrogen-bond donors (Lipinski definition) is 0. The molecular formula is C22H20N2O2. The summed E-state index contributed by atoms with van der Waals surface area (Å²) in [4.78, 5) is 0. The third-order valence-corrected chi connectivity index (χ3v) is 4.19. The van der Waals surface area contributed by atoms with Gasteiger partial charge in [0.1, 0.15) is 24.7 Å². The van der Waals surface area contributed by atoms with Crippen LogP contribution in [0.25, 0.3) is 10.9 Å². The van der Waals surface area contributed by atoms with Crippen molar-refractivity contribution in [3.63, 3.8) is 0 Å². The number of para-hydroxylation sites is 1. The first kappa shape index (κ1) is 16.2. The molecule has 0 aliphatic heterocycles. The Labute approximate surface area is 152 Å². The summed E-state index contributed by atoms with van der Waals surface area (Å²) in [5, 5.41) is 5.56. The molecule has 0 saturated heterocycles. The highest BCUT2D eigenvalue weighted by Gasteiger charge is 2.02. The molecule has 0 fully saturated rings. The van der Waals surface area contributed by atoms with Crippen LogP contribution in [0.4, 0.5) is 0 Å². The fraction of sp³-hybridized carbons (Fsp3) is 0.136. The highest BCUT2D eigenvalue weighted by atomic mass is 16.5. The van der Waals surface area contributed by atoms with Crippen molar-refractivity contribution in [2.45, 2.75) is 13.2 Å². The first-order valence-electron chi connectivity index (χ1n) is 8.69. The van der Waals surface area contributed by atoms with E-state index in [1.165, 1.54) is 0 Å². The van der Waals surface area contributed by atoms with Crippen LogP contribution in [0, 0.1) is 0 Å². The van der Waals surface area contributed by atoms with E-state index in [4.69, 9.17) is 9.47 Å². The predicted molar refractivity (Wildman–Crippen MR) is 102 cm³/mol. The minimum absolute atomic E-state index is 0.563. The topological polar surface area (TPSA) is 36.3 Å². The van der Waals surface area contributed by atoms with E-state index >= 15 is 0 Å². The second-order valence-corrected chi connectivity index (χ2v) is 6.02. The van der Waals surface area contributed by atoms with Gasteiger partial charge in [0.2, 0.25) is 0 Å². The van der Waals surface area contributed by atoms with Gasteiger partial charge >= 0.3 is 0 Å². The smallest absolute Gasteiger partial charge is 0.120 e. The van der Waals surface area contributed by atoms with Gasteiger partial charge in [-0.05, 0) is 35.9 Å². The Kier molecular flexibility index (Phi) is 4.83. The van der Waals surface area contributed by atoms with Gasteiger partial charge in [-0.2, -0.15) is 5.10 Å². The second-order valence-electron chi connectivity index (χ2n) is 6.02. The Morgan fingerprint density at radius 3 is 2.23 bits per heavy atom. The van der Waals surface area contributed by atoms with E-state index in [9.17, 15) is 0 Å². The monoisotopic (exact) mass is 344 g/mol.